The van der Waals surface area contributed by atoms with E-state index >= 15 is 0 Å². The van der Waals surface area contributed by atoms with Crippen LogP contribution < -0.4 is 10.6 Å². The van der Waals surface area contributed by atoms with Crippen LogP contribution in [-0.4, -0.2) is 23.1 Å². The molecule has 0 aromatic carbocycles. The van der Waals surface area contributed by atoms with Crippen molar-refractivity contribution in [2.24, 2.45) is 0 Å². The second kappa shape index (κ2) is 6.59. The maximum absolute atomic E-state index is 11.4. The van der Waals surface area contributed by atoms with Gasteiger partial charge < -0.3 is 15.2 Å². The molecule has 0 unspecified atom stereocenters. The largest absolute Gasteiger partial charge is 0.354 e. The van der Waals surface area contributed by atoms with E-state index in [4.69, 9.17) is 0 Å². The van der Waals surface area contributed by atoms with Crippen molar-refractivity contribution in [1.29, 1.82) is 0 Å². The highest BCUT2D eigenvalue weighted by Gasteiger charge is 2.22. The van der Waals surface area contributed by atoms with Crippen molar-refractivity contribution in [1.82, 2.24) is 15.2 Å². The van der Waals surface area contributed by atoms with Crippen molar-refractivity contribution in [3.05, 3.63) is 24.0 Å². The molecular formula is C14H23N3O. The summed E-state index contributed by atoms with van der Waals surface area (Å²) in [5, 5.41) is 6.30. The summed E-state index contributed by atoms with van der Waals surface area (Å²) >= 11 is 0. The van der Waals surface area contributed by atoms with Crippen LogP contribution in [0, 0.1) is 0 Å². The molecule has 1 aromatic rings. The standard InChI is InChI=1S/C14H23N3O/c1-2-8-17-9-6-12(11-17)10-15-7-5-14(18)16-13-3-4-13/h6,9,11,13,15H,2-5,7-8,10H2,1H3,(H,16,18). The number of carbonyl (C=O) groups excluding carboxylic acids is 1. The highest BCUT2D eigenvalue weighted by atomic mass is 16.1. The lowest BCUT2D eigenvalue weighted by Gasteiger charge is -2.04. The molecule has 18 heavy (non-hydrogen) atoms. The molecule has 4 nitrogen and oxygen atoms in total. The Balaban J connectivity index is 1.57. The van der Waals surface area contributed by atoms with Crippen LogP contribution in [0.4, 0.5) is 0 Å². The smallest absolute Gasteiger partial charge is 0.221 e. The molecule has 1 aliphatic rings. The van der Waals surface area contributed by atoms with E-state index < -0.39 is 0 Å². The topological polar surface area (TPSA) is 46.1 Å². The second-order valence-corrected chi connectivity index (χ2v) is 5.03. The Labute approximate surface area is 109 Å². The zero-order chi connectivity index (χ0) is 12.8. The van der Waals surface area contributed by atoms with Gasteiger partial charge in [0.15, 0.2) is 0 Å². The number of aryl methyl sites for hydroxylation is 1. The van der Waals surface area contributed by atoms with Gasteiger partial charge in [0.05, 0.1) is 0 Å². The van der Waals surface area contributed by atoms with Gasteiger partial charge in [-0.2, -0.15) is 0 Å². The third kappa shape index (κ3) is 4.53. The number of aromatic nitrogens is 1. The van der Waals surface area contributed by atoms with Crippen LogP contribution in [-0.2, 0) is 17.9 Å². The third-order valence-corrected chi connectivity index (χ3v) is 3.09. The quantitative estimate of drug-likeness (QED) is 0.688. The predicted octanol–water partition coefficient (Wildman–Crippen LogP) is 1.66. The van der Waals surface area contributed by atoms with E-state index in [1.165, 1.54) is 5.56 Å². The van der Waals surface area contributed by atoms with Gasteiger partial charge in [-0.25, -0.2) is 0 Å². The summed E-state index contributed by atoms with van der Waals surface area (Å²) in [5.41, 5.74) is 1.28. The lowest BCUT2D eigenvalue weighted by atomic mass is 10.3. The van der Waals surface area contributed by atoms with Crippen LogP contribution in [0.25, 0.3) is 0 Å². The molecule has 2 rings (SSSR count). The first kappa shape index (κ1) is 13.1. The van der Waals surface area contributed by atoms with Gasteiger partial charge in [-0.15, -0.1) is 0 Å². The van der Waals surface area contributed by atoms with E-state index in [0.29, 0.717) is 12.5 Å². The molecule has 0 atom stereocenters. The average Bonchev–Trinajstić information content (AvgIpc) is 3.04. The van der Waals surface area contributed by atoms with E-state index in [1.54, 1.807) is 0 Å². The van der Waals surface area contributed by atoms with Crippen molar-refractivity contribution < 1.29 is 4.79 Å². The fraction of sp³-hybridized carbons (Fsp3) is 0.643. The highest BCUT2D eigenvalue weighted by Crippen LogP contribution is 2.18. The average molecular weight is 249 g/mol. The molecule has 4 heteroatoms. The molecule has 1 saturated carbocycles. The minimum atomic E-state index is 0.175. The van der Waals surface area contributed by atoms with E-state index in [9.17, 15) is 4.79 Å². The molecule has 100 valence electrons. The minimum absolute atomic E-state index is 0.175. The molecule has 1 amide bonds. The van der Waals surface area contributed by atoms with Crippen LogP contribution in [0.2, 0.25) is 0 Å². The molecular weight excluding hydrogens is 226 g/mol. The Morgan fingerprint density at radius 1 is 1.50 bits per heavy atom. The molecule has 1 aromatic heterocycles. The molecule has 0 saturated heterocycles. The first-order valence-corrected chi connectivity index (χ1v) is 6.92. The van der Waals surface area contributed by atoms with Crippen molar-refractivity contribution in [3.8, 4) is 0 Å². The van der Waals surface area contributed by atoms with Crippen LogP contribution in [0.1, 0.15) is 38.2 Å². The van der Waals surface area contributed by atoms with E-state index in [1.807, 2.05) is 0 Å². The molecule has 1 aliphatic carbocycles. The van der Waals surface area contributed by atoms with Gasteiger partial charge >= 0.3 is 0 Å². The summed E-state index contributed by atoms with van der Waals surface area (Å²) < 4.78 is 2.21. The monoisotopic (exact) mass is 249 g/mol. The van der Waals surface area contributed by atoms with Gasteiger partial charge in [-0.1, -0.05) is 6.92 Å². The Morgan fingerprint density at radius 2 is 2.33 bits per heavy atom. The summed E-state index contributed by atoms with van der Waals surface area (Å²) in [6.07, 6.45) is 8.32. The second-order valence-electron chi connectivity index (χ2n) is 5.03. The van der Waals surface area contributed by atoms with Crippen LogP contribution in [0.15, 0.2) is 18.5 Å². The maximum atomic E-state index is 11.4. The van der Waals surface area contributed by atoms with Crippen molar-refractivity contribution >= 4 is 5.91 Å². The molecule has 1 fully saturated rings. The SMILES string of the molecule is CCCn1ccc(CNCCC(=O)NC2CC2)c1. The van der Waals surface area contributed by atoms with Crippen LogP contribution in [0.3, 0.4) is 0 Å². The number of nitrogens with one attached hydrogen (secondary N) is 2. The van der Waals surface area contributed by atoms with Gasteiger partial charge in [0.2, 0.25) is 5.91 Å². The molecule has 0 spiro atoms. The predicted molar refractivity (Wildman–Crippen MR) is 72.2 cm³/mol. The van der Waals surface area contributed by atoms with Crippen LogP contribution >= 0.6 is 0 Å². The fourth-order valence-electron chi connectivity index (χ4n) is 1.95. The van der Waals surface area contributed by atoms with Crippen molar-refractivity contribution in [2.75, 3.05) is 6.54 Å². The number of rotatable bonds is 8. The number of nitrogens with zero attached hydrogens (tertiary/aromatic N) is 1. The molecule has 2 N–H and O–H groups in total. The third-order valence-electron chi connectivity index (χ3n) is 3.09. The summed E-state index contributed by atoms with van der Waals surface area (Å²) in [6.45, 7) is 4.84. The van der Waals surface area contributed by atoms with Gasteiger partial charge in [0, 0.05) is 44.5 Å². The number of amides is 1. The van der Waals surface area contributed by atoms with Gasteiger partial charge in [0.1, 0.15) is 0 Å². The number of hydrogen-bond acceptors (Lipinski definition) is 2. The van der Waals surface area contributed by atoms with E-state index in [2.05, 4.69) is 40.6 Å². The summed E-state index contributed by atoms with van der Waals surface area (Å²) in [4.78, 5) is 11.4. The Hall–Kier alpha value is -1.29. The first-order valence-electron chi connectivity index (χ1n) is 6.92. The number of carbonyl (C=O) groups is 1. The zero-order valence-corrected chi connectivity index (χ0v) is 11.1. The molecule has 0 aliphatic heterocycles. The molecule has 0 radical (unpaired) electrons. The van der Waals surface area contributed by atoms with Gasteiger partial charge in [-0.3, -0.25) is 4.79 Å². The molecule has 0 bridgehead atoms. The first-order chi connectivity index (χ1) is 8.78. The Morgan fingerprint density at radius 3 is 3.06 bits per heavy atom. The lowest BCUT2D eigenvalue weighted by molar-refractivity contribution is -0.121. The maximum Gasteiger partial charge on any atom is 0.221 e. The van der Waals surface area contributed by atoms with Crippen molar-refractivity contribution in [3.63, 3.8) is 0 Å². The number of hydrogen-bond donors (Lipinski definition) is 2. The summed E-state index contributed by atoms with van der Waals surface area (Å²) in [7, 11) is 0. The zero-order valence-electron chi connectivity index (χ0n) is 11.1. The summed E-state index contributed by atoms with van der Waals surface area (Å²) in [5.74, 6) is 0.175. The Kier molecular flexibility index (Phi) is 4.81. The van der Waals surface area contributed by atoms with E-state index in [-0.39, 0.29) is 5.91 Å². The highest BCUT2D eigenvalue weighted by molar-refractivity contribution is 5.76. The normalized spacial score (nSPS) is 14.7. The molecule has 1 heterocycles. The Bertz CT molecular complexity index is 382. The minimum Gasteiger partial charge on any atom is -0.354 e. The van der Waals surface area contributed by atoms with Gasteiger partial charge in [-0.05, 0) is 30.9 Å². The van der Waals surface area contributed by atoms with Crippen molar-refractivity contribution in [2.45, 2.75) is 51.7 Å². The summed E-state index contributed by atoms with van der Waals surface area (Å²) in [6, 6.07) is 2.60. The van der Waals surface area contributed by atoms with Gasteiger partial charge in [0.25, 0.3) is 0 Å². The lowest BCUT2D eigenvalue weighted by Crippen LogP contribution is -2.28. The fourth-order valence-corrected chi connectivity index (χ4v) is 1.95. The van der Waals surface area contributed by atoms with E-state index in [0.717, 1.165) is 38.9 Å². The van der Waals surface area contributed by atoms with Crippen LogP contribution in [0.5, 0.6) is 0 Å².